The fourth-order valence-electron chi connectivity index (χ4n) is 11.9. The largest absolute Gasteiger partial charge is 0.458 e. The number of aliphatic hydroxyl groups is 2. The molecule has 1 spiro atoms. The number of fused-ring (bicyclic) bond motifs is 6. The molecule has 5 aliphatic carbocycles. The Balaban J connectivity index is 0.971. The second kappa shape index (κ2) is 10.3. The van der Waals surface area contributed by atoms with Crippen LogP contribution in [0.5, 0.6) is 0 Å². The van der Waals surface area contributed by atoms with Crippen LogP contribution in [-0.4, -0.2) is 76.8 Å². The number of rotatable bonds is 4. The van der Waals surface area contributed by atoms with Crippen molar-refractivity contribution < 1.29 is 43.5 Å². The van der Waals surface area contributed by atoms with Crippen LogP contribution in [-0.2, 0) is 33.3 Å². The van der Waals surface area contributed by atoms with Gasteiger partial charge in [0.1, 0.15) is 19.0 Å². The molecular formula is C35H50O9. The first-order chi connectivity index (χ1) is 21.0. The number of esters is 1. The predicted molar refractivity (Wildman–Crippen MR) is 157 cm³/mol. The summed E-state index contributed by atoms with van der Waals surface area (Å²) in [5, 5.41) is 24.8. The van der Waals surface area contributed by atoms with Crippen molar-refractivity contribution in [1.29, 1.82) is 0 Å². The second-order valence-electron chi connectivity index (χ2n) is 16.0. The van der Waals surface area contributed by atoms with Gasteiger partial charge in [0, 0.05) is 37.2 Å². The third-order valence-corrected chi connectivity index (χ3v) is 14.1. The third-order valence-electron chi connectivity index (χ3n) is 14.1. The summed E-state index contributed by atoms with van der Waals surface area (Å²) in [6.07, 6.45) is 13.4. The van der Waals surface area contributed by atoms with Crippen LogP contribution in [0.2, 0.25) is 0 Å². The predicted octanol–water partition coefficient (Wildman–Crippen LogP) is 4.50. The van der Waals surface area contributed by atoms with Crippen molar-refractivity contribution in [3.63, 3.8) is 0 Å². The molecule has 7 fully saturated rings. The fourth-order valence-corrected chi connectivity index (χ4v) is 11.9. The summed E-state index contributed by atoms with van der Waals surface area (Å²) in [5.74, 6) is -0.828. The number of aldehydes is 1. The van der Waals surface area contributed by atoms with Gasteiger partial charge in [-0.25, -0.2) is 4.79 Å². The van der Waals surface area contributed by atoms with Crippen LogP contribution < -0.4 is 0 Å². The summed E-state index contributed by atoms with van der Waals surface area (Å²) >= 11 is 0. The maximum Gasteiger partial charge on any atom is 0.331 e. The number of hydrogen-bond donors (Lipinski definition) is 2. The molecule has 2 N–H and O–H groups in total. The summed E-state index contributed by atoms with van der Waals surface area (Å²) in [4.78, 5) is 25.1. The highest BCUT2D eigenvalue weighted by atomic mass is 16.8. The molecule has 44 heavy (non-hydrogen) atoms. The molecule has 5 saturated carbocycles. The molecule has 0 aromatic carbocycles. The number of carbonyl (C=O) groups excluding carboxylic acids is 2. The Morgan fingerprint density at radius 3 is 2.50 bits per heavy atom. The lowest BCUT2D eigenvalue weighted by atomic mass is 9.41. The van der Waals surface area contributed by atoms with Gasteiger partial charge >= 0.3 is 5.97 Å². The monoisotopic (exact) mass is 614 g/mol. The summed E-state index contributed by atoms with van der Waals surface area (Å²) in [7, 11) is 0. The second-order valence-corrected chi connectivity index (χ2v) is 16.0. The molecule has 0 aromatic heterocycles. The molecular weight excluding hydrogens is 564 g/mol. The Morgan fingerprint density at radius 2 is 1.75 bits per heavy atom. The zero-order valence-electron chi connectivity index (χ0n) is 26.3. The van der Waals surface area contributed by atoms with Crippen LogP contribution in [0.25, 0.3) is 0 Å². The first kappa shape index (κ1) is 30.0. The number of ether oxygens (including phenoxy) is 5. The minimum absolute atomic E-state index is 0.0600. The van der Waals surface area contributed by atoms with Crippen molar-refractivity contribution in [2.45, 2.75) is 158 Å². The van der Waals surface area contributed by atoms with Gasteiger partial charge in [0.15, 0.2) is 12.1 Å². The first-order valence-electron chi connectivity index (χ1n) is 17.5. The topological polar surface area (TPSA) is 121 Å². The molecule has 8 aliphatic rings. The Kier molecular flexibility index (Phi) is 7.04. The molecule has 9 heteroatoms. The quantitative estimate of drug-likeness (QED) is 0.268. The standard InChI is InChI=1S/C35H50O9/c1-21-30-27(43-34(44-30)10-4-3-5-11-34)17-29(41-21)42-23-6-13-32(20-36)25-7-12-31(2)24(22-16-28(37)40-19-22)9-15-35(31,39)26(25)8-14-33(32,38)18-23/h16,20-21,23-27,29-30,38-39H,3-15,17-19H2,1-2H3/t21-,23+,24-,25+,26-,27-,29+,30-,31-,32+,33+,35+/m1/s1. The van der Waals surface area contributed by atoms with E-state index in [-0.39, 0.29) is 53.6 Å². The highest BCUT2D eigenvalue weighted by Crippen LogP contribution is 2.70. The molecule has 0 unspecified atom stereocenters. The van der Waals surface area contributed by atoms with E-state index in [2.05, 4.69) is 6.92 Å². The van der Waals surface area contributed by atoms with Crippen LogP contribution in [0.3, 0.4) is 0 Å². The average molecular weight is 615 g/mol. The zero-order valence-corrected chi connectivity index (χ0v) is 26.3. The molecule has 9 nitrogen and oxygen atoms in total. The van der Waals surface area contributed by atoms with E-state index in [4.69, 9.17) is 23.7 Å². The summed E-state index contributed by atoms with van der Waals surface area (Å²) in [6.45, 7) is 4.52. The fraction of sp³-hybridized carbons (Fsp3) is 0.886. The van der Waals surface area contributed by atoms with Crippen molar-refractivity contribution in [1.82, 2.24) is 0 Å². The van der Waals surface area contributed by atoms with Gasteiger partial charge in [0.05, 0.1) is 34.9 Å². The molecule has 0 radical (unpaired) electrons. The molecule has 244 valence electrons. The third kappa shape index (κ3) is 4.18. The van der Waals surface area contributed by atoms with E-state index in [0.29, 0.717) is 51.6 Å². The van der Waals surface area contributed by atoms with Crippen molar-refractivity contribution in [2.24, 2.45) is 28.6 Å². The Labute approximate surface area is 260 Å². The lowest BCUT2D eigenvalue weighted by molar-refractivity contribution is -0.278. The Morgan fingerprint density at radius 1 is 0.955 bits per heavy atom. The van der Waals surface area contributed by atoms with E-state index in [1.807, 2.05) is 6.92 Å². The van der Waals surface area contributed by atoms with Gasteiger partial charge in [0.2, 0.25) is 0 Å². The van der Waals surface area contributed by atoms with Crippen molar-refractivity contribution in [2.75, 3.05) is 6.61 Å². The van der Waals surface area contributed by atoms with E-state index in [1.54, 1.807) is 6.08 Å². The van der Waals surface area contributed by atoms with E-state index in [0.717, 1.165) is 56.8 Å². The maximum atomic E-state index is 13.2. The van der Waals surface area contributed by atoms with Crippen molar-refractivity contribution in [3.05, 3.63) is 11.6 Å². The number of hydrogen-bond acceptors (Lipinski definition) is 9. The molecule has 3 heterocycles. The lowest BCUT2D eigenvalue weighted by Crippen LogP contribution is -2.69. The van der Waals surface area contributed by atoms with Gasteiger partial charge in [-0.3, -0.25) is 0 Å². The SMILES string of the molecule is C[C@H]1O[C@@H](O[C@H]2CC[C@]3(C=O)[C@H]4CC[C@]5(C)[C@@H](C6=CC(=O)OC6)CC[C@]5(O)[C@@H]4CC[C@]3(O)C2)C[C@H]2OC3(CCCCC3)O[C@H]12. The van der Waals surface area contributed by atoms with Crippen molar-refractivity contribution >= 4 is 12.3 Å². The molecule has 12 atom stereocenters. The van der Waals surface area contributed by atoms with Crippen LogP contribution in [0.4, 0.5) is 0 Å². The molecule has 0 bridgehead atoms. The van der Waals surface area contributed by atoms with Gasteiger partial charge in [-0.1, -0.05) is 13.3 Å². The van der Waals surface area contributed by atoms with E-state index in [9.17, 15) is 19.8 Å². The number of carbonyl (C=O) groups is 2. The molecule has 0 aromatic rings. The van der Waals surface area contributed by atoms with Crippen molar-refractivity contribution in [3.8, 4) is 0 Å². The minimum Gasteiger partial charge on any atom is -0.458 e. The van der Waals surface area contributed by atoms with Gasteiger partial charge in [0.25, 0.3) is 0 Å². The van der Waals surface area contributed by atoms with E-state index < -0.39 is 28.7 Å². The first-order valence-corrected chi connectivity index (χ1v) is 17.5. The summed E-state index contributed by atoms with van der Waals surface area (Å²) < 4.78 is 31.2. The van der Waals surface area contributed by atoms with E-state index in [1.165, 1.54) is 6.42 Å². The van der Waals surface area contributed by atoms with E-state index >= 15 is 0 Å². The minimum atomic E-state index is -1.18. The highest BCUT2D eigenvalue weighted by Gasteiger charge is 2.71. The highest BCUT2D eigenvalue weighted by molar-refractivity contribution is 5.85. The summed E-state index contributed by atoms with van der Waals surface area (Å²) in [6, 6.07) is 0. The van der Waals surface area contributed by atoms with Crippen LogP contribution in [0, 0.1) is 28.6 Å². The average Bonchev–Trinajstić information content (AvgIpc) is 3.66. The molecule has 8 rings (SSSR count). The Hall–Kier alpha value is -1.36. The van der Waals surface area contributed by atoms with Crippen LogP contribution in [0.1, 0.15) is 110 Å². The normalized spacial score (nSPS) is 52.8. The van der Waals surface area contributed by atoms with Gasteiger partial charge in [-0.15, -0.1) is 0 Å². The zero-order chi connectivity index (χ0) is 30.5. The smallest absolute Gasteiger partial charge is 0.331 e. The van der Waals surface area contributed by atoms with Crippen LogP contribution in [0.15, 0.2) is 11.6 Å². The number of cyclic esters (lactones) is 1. The maximum absolute atomic E-state index is 13.2. The van der Waals surface area contributed by atoms with Gasteiger partial charge in [-0.05, 0) is 94.5 Å². The molecule has 3 aliphatic heterocycles. The van der Waals surface area contributed by atoms with Gasteiger partial charge in [-0.2, -0.15) is 0 Å². The Bertz CT molecular complexity index is 1210. The lowest BCUT2D eigenvalue weighted by Gasteiger charge is -2.65. The molecule has 2 saturated heterocycles. The van der Waals surface area contributed by atoms with Crippen LogP contribution >= 0.6 is 0 Å². The summed E-state index contributed by atoms with van der Waals surface area (Å²) in [5.41, 5.74) is -2.42. The molecule has 0 amide bonds. The van der Waals surface area contributed by atoms with Gasteiger partial charge < -0.3 is 38.7 Å².